The van der Waals surface area contributed by atoms with E-state index in [1.807, 2.05) is 0 Å². The van der Waals surface area contributed by atoms with E-state index in [0.29, 0.717) is 0 Å². The molecule has 0 aliphatic heterocycles. The predicted octanol–water partition coefficient (Wildman–Crippen LogP) is 1.53. The Morgan fingerprint density at radius 3 is 1.57 bits per heavy atom. The van der Waals surface area contributed by atoms with Crippen LogP contribution in [0, 0.1) is 0 Å². The molecule has 5 heteroatoms. The highest BCUT2D eigenvalue weighted by atomic mass is 35.8. The SMILES string of the molecule is CC(N)[Si](Cl)(Cl)Cl. The highest BCUT2D eigenvalue weighted by Crippen LogP contribution is 2.21. The van der Waals surface area contributed by atoms with Crippen LogP contribution in [0.2, 0.25) is 0 Å². The average molecular weight is 179 g/mol. The van der Waals surface area contributed by atoms with Crippen LogP contribution in [0.15, 0.2) is 0 Å². The van der Waals surface area contributed by atoms with Gasteiger partial charge in [-0.15, -0.1) is 33.2 Å². The first-order valence-corrected chi connectivity index (χ1v) is 6.88. The molecule has 1 atom stereocenters. The molecule has 0 amide bonds. The fourth-order valence-electron chi connectivity index (χ4n) is 0. The maximum Gasteiger partial charge on any atom is 0.356 e. The molecule has 1 unspecified atom stereocenters. The van der Waals surface area contributed by atoms with Crippen LogP contribution in [-0.4, -0.2) is 11.7 Å². The Bertz CT molecular complexity index is 58.4. The van der Waals surface area contributed by atoms with E-state index in [4.69, 9.17) is 39.0 Å². The van der Waals surface area contributed by atoms with E-state index in [0.717, 1.165) is 0 Å². The summed E-state index contributed by atoms with van der Waals surface area (Å²) in [5.74, 6) is 0. The molecule has 2 N–H and O–H groups in total. The summed E-state index contributed by atoms with van der Waals surface area (Å²) >= 11 is 16.2. The number of halogens is 3. The van der Waals surface area contributed by atoms with Crippen molar-refractivity contribution in [1.29, 1.82) is 0 Å². The van der Waals surface area contributed by atoms with Crippen LogP contribution in [0.5, 0.6) is 0 Å². The molecule has 0 heterocycles. The van der Waals surface area contributed by atoms with Crippen molar-refractivity contribution in [2.75, 3.05) is 0 Å². The van der Waals surface area contributed by atoms with E-state index in [1.54, 1.807) is 6.92 Å². The smallest absolute Gasteiger partial charge is 0.327 e. The topological polar surface area (TPSA) is 26.0 Å². The zero-order valence-electron chi connectivity index (χ0n) is 3.79. The lowest BCUT2D eigenvalue weighted by Gasteiger charge is -2.09. The van der Waals surface area contributed by atoms with E-state index in [1.165, 1.54) is 0 Å². The van der Waals surface area contributed by atoms with Crippen molar-refractivity contribution < 1.29 is 0 Å². The highest BCUT2D eigenvalue weighted by Gasteiger charge is 2.29. The van der Waals surface area contributed by atoms with Crippen LogP contribution in [-0.2, 0) is 0 Å². The quantitative estimate of drug-likeness (QED) is 0.478. The lowest BCUT2D eigenvalue weighted by Crippen LogP contribution is -2.36. The predicted molar refractivity (Wildman–Crippen MR) is 37.0 cm³/mol. The highest BCUT2D eigenvalue weighted by molar-refractivity contribution is 7.65. The van der Waals surface area contributed by atoms with Crippen molar-refractivity contribution in [2.24, 2.45) is 5.73 Å². The molecule has 0 saturated heterocycles. The standard InChI is InChI=1S/C2H6Cl3NSi/c1-2(6)7(3,4)5/h2H,6H2,1H3. The van der Waals surface area contributed by atoms with Gasteiger partial charge in [0, 0.05) is 5.67 Å². The Labute approximate surface area is 57.9 Å². The minimum atomic E-state index is -2.54. The summed E-state index contributed by atoms with van der Waals surface area (Å²) in [6, 6.07) is -2.54. The Morgan fingerprint density at radius 1 is 1.43 bits per heavy atom. The summed E-state index contributed by atoms with van der Waals surface area (Å²) in [7, 11) is 0. The second-order valence-electron chi connectivity index (χ2n) is 1.33. The Hall–Kier alpha value is 1.05. The van der Waals surface area contributed by atoms with Crippen molar-refractivity contribution in [3.8, 4) is 0 Å². The van der Waals surface area contributed by atoms with Crippen LogP contribution in [0.3, 0.4) is 0 Å². The zero-order valence-corrected chi connectivity index (χ0v) is 7.06. The molecule has 44 valence electrons. The number of rotatable bonds is 1. The third-order valence-corrected chi connectivity index (χ3v) is 4.65. The first-order chi connectivity index (χ1) is 2.94. The first-order valence-electron chi connectivity index (χ1n) is 1.77. The van der Waals surface area contributed by atoms with E-state index >= 15 is 0 Å². The lowest BCUT2D eigenvalue weighted by atomic mass is 10.8. The third-order valence-electron chi connectivity index (χ3n) is 0.516. The van der Waals surface area contributed by atoms with Crippen molar-refractivity contribution >= 4 is 39.2 Å². The molecule has 0 spiro atoms. The van der Waals surface area contributed by atoms with Gasteiger partial charge in [-0.05, 0) is 6.92 Å². The third kappa shape index (κ3) is 3.61. The van der Waals surface area contributed by atoms with E-state index in [9.17, 15) is 0 Å². The van der Waals surface area contributed by atoms with Crippen LogP contribution in [0.1, 0.15) is 6.92 Å². The number of hydrogen-bond donors (Lipinski definition) is 1. The monoisotopic (exact) mass is 177 g/mol. The average Bonchev–Trinajstić information content (AvgIpc) is 1.31. The number of hydrogen-bond acceptors (Lipinski definition) is 1. The molecule has 0 saturated carbocycles. The fourth-order valence-corrected chi connectivity index (χ4v) is 0. The molecule has 0 rings (SSSR count). The van der Waals surface area contributed by atoms with E-state index < -0.39 is 6.00 Å². The van der Waals surface area contributed by atoms with Gasteiger partial charge in [-0.3, -0.25) is 0 Å². The normalized spacial score (nSPS) is 16.7. The Kier molecular flexibility index (Phi) is 2.93. The molecule has 0 aromatic carbocycles. The van der Waals surface area contributed by atoms with Gasteiger partial charge in [-0.1, -0.05) is 0 Å². The molecular formula is C2H6Cl3NSi. The molecule has 0 aliphatic rings. The molecule has 0 aliphatic carbocycles. The second-order valence-corrected chi connectivity index (χ2v) is 10.4. The molecule has 0 aromatic rings. The van der Waals surface area contributed by atoms with Crippen LogP contribution in [0.25, 0.3) is 0 Å². The summed E-state index contributed by atoms with van der Waals surface area (Å²) in [5, 5.41) is 0. The summed E-state index contributed by atoms with van der Waals surface area (Å²) in [4.78, 5) is 0. The molecule has 1 nitrogen and oxygen atoms in total. The van der Waals surface area contributed by atoms with Gasteiger partial charge >= 0.3 is 6.00 Å². The van der Waals surface area contributed by atoms with Gasteiger partial charge < -0.3 is 5.73 Å². The van der Waals surface area contributed by atoms with Crippen LogP contribution >= 0.6 is 33.2 Å². The van der Waals surface area contributed by atoms with Crippen LogP contribution < -0.4 is 5.73 Å². The zero-order chi connectivity index (χ0) is 6.08. The van der Waals surface area contributed by atoms with Crippen molar-refractivity contribution in [2.45, 2.75) is 12.6 Å². The van der Waals surface area contributed by atoms with E-state index in [-0.39, 0.29) is 5.67 Å². The van der Waals surface area contributed by atoms with Crippen molar-refractivity contribution in [3.63, 3.8) is 0 Å². The molecule has 7 heavy (non-hydrogen) atoms. The molecule has 0 aromatic heterocycles. The second kappa shape index (κ2) is 2.55. The minimum absolute atomic E-state index is 0.266. The van der Waals surface area contributed by atoms with Gasteiger partial charge in [0.15, 0.2) is 0 Å². The Morgan fingerprint density at radius 2 is 1.57 bits per heavy atom. The maximum absolute atomic E-state index is 5.41. The molecule has 0 fully saturated rings. The summed E-state index contributed by atoms with van der Waals surface area (Å²) in [5.41, 5.74) is 4.97. The van der Waals surface area contributed by atoms with Crippen LogP contribution in [0.4, 0.5) is 0 Å². The summed E-state index contributed by atoms with van der Waals surface area (Å²) in [6.07, 6.45) is 0. The van der Waals surface area contributed by atoms with Gasteiger partial charge in [-0.25, -0.2) is 0 Å². The Balaban J connectivity index is 3.54. The fraction of sp³-hybridized carbons (Fsp3) is 1.00. The van der Waals surface area contributed by atoms with Gasteiger partial charge in [0.25, 0.3) is 0 Å². The lowest BCUT2D eigenvalue weighted by molar-refractivity contribution is 1.02. The van der Waals surface area contributed by atoms with Crippen molar-refractivity contribution in [3.05, 3.63) is 0 Å². The summed E-state index contributed by atoms with van der Waals surface area (Å²) in [6.45, 7) is 1.69. The van der Waals surface area contributed by atoms with Gasteiger partial charge in [-0.2, -0.15) is 0 Å². The first kappa shape index (κ1) is 8.05. The molecular weight excluding hydrogens is 172 g/mol. The largest absolute Gasteiger partial charge is 0.356 e. The van der Waals surface area contributed by atoms with Crippen molar-refractivity contribution in [1.82, 2.24) is 0 Å². The van der Waals surface area contributed by atoms with Gasteiger partial charge in [0.05, 0.1) is 0 Å². The minimum Gasteiger partial charge on any atom is -0.327 e. The maximum atomic E-state index is 5.41. The molecule has 0 radical (unpaired) electrons. The van der Waals surface area contributed by atoms with Gasteiger partial charge in [0.2, 0.25) is 0 Å². The number of nitrogens with two attached hydrogens (primary N) is 1. The summed E-state index contributed by atoms with van der Waals surface area (Å²) < 4.78 is 0. The van der Waals surface area contributed by atoms with Gasteiger partial charge in [0.1, 0.15) is 0 Å². The molecule has 0 bridgehead atoms. The van der Waals surface area contributed by atoms with E-state index in [2.05, 4.69) is 0 Å².